The maximum absolute atomic E-state index is 11.1. The molecule has 0 fully saturated rings. The molecule has 90 valence electrons. The Labute approximate surface area is 104 Å². The second-order valence-corrected chi connectivity index (χ2v) is 3.56. The summed E-state index contributed by atoms with van der Waals surface area (Å²) < 4.78 is 10.3. The molecule has 0 N–H and O–H groups in total. The van der Waals surface area contributed by atoms with E-state index in [4.69, 9.17) is 14.7 Å². The minimum atomic E-state index is -0.478. The van der Waals surface area contributed by atoms with E-state index in [9.17, 15) is 4.79 Å². The number of benzene rings is 1. The molecule has 0 spiro atoms. The van der Waals surface area contributed by atoms with Gasteiger partial charge in [-0.15, -0.1) is 0 Å². The summed E-state index contributed by atoms with van der Waals surface area (Å²) in [4.78, 5) is 15.1. The molecule has 5 heteroatoms. The SMILES string of the molecule is COc1ccc2ccnc(C#N)c2c1OC(C)=O. The van der Waals surface area contributed by atoms with E-state index in [-0.39, 0.29) is 11.4 Å². The fourth-order valence-electron chi connectivity index (χ4n) is 1.71. The number of esters is 1. The minimum absolute atomic E-state index is 0.197. The molecule has 0 amide bonds. The average Bonchev–Trinajstić information content (AvgIpc) is 2.37. The minimum Gasteiger partial charge on any atom is -0.493 e. The van der Waals surface area contributed by atoms with Crippen molar-refractivity contribution in [1.82, 2.24) is 4.98 Å². The Bertz CT molecular complexity index is 659. The summed E-state index contributed by atoms with van der Waals surface area (Å²) in [5, 5.41) is 10.3. The molecule has 1 aromatic heterocycles. The lowest BCUT2D eigenvalue weighted by molar-refractivity contribution is -0.131. The zero-order valence-corrected chi connectivity index (χ0v) is 9.93. The summed E-state index contributed by atoms with van der Waals surface area (Å²) in [5.74, 6) is 0.142. The van der Waals surface area contributed by atoms with Gasteiger partial charge in [0, 0.05) is 13.1 Å². The van der Waals surface area contributed by atoms with Crippen LogP contribution < -0.4 is 9.47 Å². The Morgan fingerprint density at radius 2 is 2.17 bits per heavy atom. The molecule has 0 aliphatic carbocycles. The van der Waals surface area contributed by atoms with E-state index < -0.39 is 5.97 Å². The fourth-order valence-corrected chi connectivity index (χ4v) is 1.71. The number of carbonyl (C=O) groups excluding carboxylic acids is 1. The highest BCUT2D eigenvalue weighted by molar-refractivity contribution is 5.95. The number of fused-ring (bicyclic) bond motifs is 1. The van der Waals surface area contributed by atoms with Gasteiger partial charge in [-0.3, -0.25) is 4.79 Å². The van der Waals surface area contributed by atoms with Crippen molar-refractivity contribution in [3.63, 3.8) is 0 Å². The van der Waals surface area contributed by atoms with Crippen LogP contribution >= 0.6 is 0 Å². The molecule has 0 saturated heterocycles. The monoisotopic (exact) mass is 242 g/mol. The van der Waals surface area contributed by atoms with Gasteiger partial charge < -0.3 is 9.47 Å². The first-order chi connectivity index (χ1) is 8.67. The molecule has 0 unspecified atom stereocenters. The van der Waals surface area contributed by atoms with Crippen LogP contribution in [0.5, 0.6) is 11.5 Å². The first-order valence-corrected chi connectivity index (χ1v) is 5.21. The van der Waals surface area contributed by atoms with Gasteiger partial charge in [0.05, 0.1) is 12.5 Å². The molecule has 0 aliphatic heterocycles. The number of nitriles is 1. The van der Waals surface area contributed by atoms with Gasteiger partial charge in [-0.25, -0.2) is 4.98 Å². The standard InChI is InChI=1S/C13H10N2O3/c1-8(16)18-13-11(17-2)4-3-9-5-6-15-10(7-14)12(9)13/h3-6H,1-2H3. The molecule has 1 aromatic carbocycles. The number of nitrogens with zero attached hydrogens (tertiary/aromatic N) is 2. The predicted molar refractivity (Wildman–Crippen MR) is 64.3 cm³/mol. The van der Waals surface area contributed by atoms with Crippen LogP contribution in [0.15, 0.2) is 24.4 Å². The Hall–Kier alpha value is -2.61. The van der Waals surface area contributed by atoms with Crippen LogP contribution in [0.25, 0.3) is 10.8 Å². The highest BCUT2D eigenvalue weighted by Gasteiger charge is 2.15. The van der Waals surface area contributed by atoms with Gasteiger partial charge in [-0.05, 0) is 17.5 Å². The van der Waals surface area contributed by atoms with E-state index in [1.807, 2.05) is 6.07 Å². The van der Waals surface area contributed by atoms with Crippen LogP contribution in [0.3, 0.4) is 0 Å². The summed E-state index contributed by atoms with van der Waals surface area (Å²) in [6.07, 6.45) is 1.53. The Kier molecular flexibility index (Phi) is 3.11. The number of hydrogen-bond acceptors (Lipinski definition) is 5. The van der Waals surface area contributed by atoms with Crippen molar-refractivity contribution >= 4 is 16.7 Å². The van der Waals surface area contributed by atoms with E-state index in [2.05, 4.69) is 4.98 Å². The van der Waals surface area contributed by atoms with Gasteiger partial charge in [0.1, 0.15) is 6.07 Å². The average molecular weight is 242 g/mol. The second kappa shape index (κ2) is 4.72. The van der Waals surface area contributed by atoms with Crippen molar-refractivity contribution in [2.24, 2.45) is 0 Å². The van der Waals surface area contributed by atoms with E-state index >= 15 is 0 Å². The van der Waals surface area contributed by atoms with E-state index in [0.29, 0.717) is 11.1 Å². The molecule has 2 aromatic rings. The lowest BCUT2D eigenvalue weighted by atomic mass is 10.1. The molecule has 2 rings (SSSR count). The number of carbonyl (C=O) groups is 1. The molecular weight excluding hydrogens is 232 g/mol. The first kappa shape index (κ1) is 11.9. The summed E-state index contributed by atoms with van der Waals surface area (Å²) in [7, 11) is 1.47. The van der Waals surface area contributed by atoms with Crippen LogP contribution in [0.2, 0.25) is 0 Å². The zero-order valence-electron chi connectivity index (χ0n) is 9.93. The highest BCUT2D eigenvalue weighted by atomic mass is 16.6. The summed E-state index contributed by atoms with van der Waals surface area (Å²) >= 11 is 0. The number of aromatic nitrogens is 1. The fraction of sp³-hybridized carbons (Fsp3) is 0.154. The Balaban J connectivity index is 2.83. The van der Waals surface area contributed by atoms with Crippen LogP contribution in [-0.4, -0.2) is 18.1 Å². The highest BCUT2D eigenvalue weighted by Crippen LogP contribution is 2.36. The van der Waals surface area contributed by atoms with Crippen molar-refractivity contribution < 1.29 is 14.3 Å². The van der Waals surface area contributed by atoms with Crippen LogP contribution in [0.4, 0.5) is 0 Å². The maximum atomic E-state index is 11.1. The number of rotatable bonds is 2. The molecule has 5 nitrogen and oxygen atoms in total. The third-order valence-corrected chi connectivity index (χ3v) is 2.42. The smallest absolute Gasteiger partial charge is 0.308 e. The number of pyridine rings is 1. The topological polar surface area (TPSA) is 72.2 Å². The van der Waals surface area contributed by atoms with Crippen molar-refractivity contribution in [2.45, 2.75) is 6.92 Å². The Morgan fingerprint density at radius 1 is 1.39 bits per heavy atom. The van der Waals surface area contributed by atoms with Crippen molar-refractivity contribution in [3.8, 4) is 17.6 Å². The van der Waals surface area contributed by atoms with Crippen LogP contribution in [0, 0.1) is 11.3 Å². The molecule has 0 aliphatic rings. The molecule has 1 heterocycles. The van der Waals surface area contributed by atoms with Crippen molar-refractivity contribution in [3.05, 3.63) is 30.1 Å². The van der Waals surface area contributed by atoms with Gasteiger partial charge in [-0.2, -0.15) is 5.26 Å². The summed E-state index contributed by atoms with van der Waals surface area (Å²) in [6, 6.07) is 7.18. The van der Waals surface area contributed by atoms with Gasteiger partial charge in [0.25, 0.3) is 0 Å². The second-order valence-electron chi connectivity index (χ2n) is 3.56. The summed E-state index contributed by atoms with van der Waals surface area (Å²) in [5.41, 5.74) is 0.197. The molecule has 0 saturated carbocycles. The molecular formula is C13H10N2O3. The van der Waals surface area contributed by atoms with Gasteiger partial charge >= 0.3 is 5.97 Å². The van der Waals surface area contributed by atoms with E-state index in [1.54, 1.807) is 18.2 Å². The van der Waals surface area contributed by atoms with Crippen molar-refractivity contribution in [2.75, 3.05) is 7.11 Å². The number of methoxy groups -OCH3 is 1. The zero-order chi connectivity index (χ0) is 13.1. The lowest BCUT2D eigenvalue weighted by Crippen LogP contribution is -2.04. The van der Waals surface area contributed by atoms with Crippen molar-refractivity contribution in [1.29, 1.82) is 5.26 Å². The van der Waals surface area contributed by atoms with E-state index in [0.717, 1.165) is 5.39 Å². The largest absolute Gasteiger partial charge is 0.493 e. The number of hydrogen-bond donors (Lipinski definition) is 0. The molecule has 0 atom stereocenters. The van der Waals surface area contributed by atoms with Gasteiger partial charge in [0.15, 0.2) is 17.2 Å². The lowest BCUT2D eigenvalue weighted by Gasteiger charge is -2.11. The molecule has 0 bridgehead atoms. The summed E-state index contributed by atoms with van der Waals surface area (Å²) in [6.45, 7) is 1.29. The van der Waals surface area contributed by atoms with Gasteiger partial charge in [-0.1, -0.05) is 6.07 Å². The van der Waals surface area contributed by atoms with Gasteiger partial charge in [0.2, 0.25) is 0 Å². The van der Waals surface area contributed by atoms with Crippen LogP contribution in [-0.2, 0) is 4.79 Å². The molecule has 18 heavy (non-hydrogen) atoms. The predicted octanol–water partition coefficient (Wildman–Crippen LogP) is 2.04. The quantitative estimate of drug-likeness (QED) is 0.595. The third-order valence-electron chi connectivity index (χ3n) is 2.42. The first-order valence-electron chi connectivity index (χ1n) is 5.21. The Morgan fingerprint density at radius 3 is 2.78 bits per heavy atom. The van der Waals surface area contributed by atoms with E-state index in [1.165, 1.54) is 20.2 Å². The number of ether oxygens (including phenoxy) is 2. The molecule has 0 radical (unpaired) electrons. The normalized spacial score (nSPS) is 9.83. The van der Waals surface area contributed by atoms with Crippen LogP contribution in [0.1, 0.15) is 12.6 Å². The third kappa shape index (κ3) is 1.96. The maximum Gasteiger partial charge on any atom is 0.308 e.